The fraction of sp³-hybridized carbons (Fsp3) is 0.217. The number of fused-ring (bicyclic) bond motifs is 6. The molecule has 0 bridgehead atoms. The van der Waals surface area contributed by atoms with E-state index in [1.54, 1.807) is 0 Å². The van der Waals surface area contributed by atoms with E-state index in [0.717, 1.165) is 25.7 Å². The van der Waals surface area contributed by atoms with Gasteiger partial charge in [-0.25, -0.2) is 0 Å². The van der Waals surface area contributed by atoms with Crippen LogP contribution in [0.5, 0.6) is 0 Å². The van der Waals surface area contributed by atoms with E-state index in [0.29, 0.717) is 0 Å². The van der Waals surface area contributed by atoms with E-state index in [9.17, 15) is 0 Å². The van der Waals surface area contributed by atoms with Crippen molar-refractivity contribution < 1.29 is 0 Å². The van der Waals surface area contributed by atoms with Crippen LogP contribution >= 0.6 is 0 Å². The third-order valence-electron chi connectivity index (χ3n) is 11.7. The third-order valence-corrected chi connectivity index (χ3v) is 11.7. The highest BCUT2D eigenvalue weighted by Crippen LogP contribution is 2.56. The molecule has 2 aliphatic carbocycles. The van der Waals surface area contributed by atoms with E-state index in [1.165, 1.54) is 77.9 Å². The fourth-order valence-corrected chi connectivity index (χ4v) is 9.20. The van der Waals surface area contributed by atoms with Crippen LogP contribution in [0.4, 0.5) is 0 Å². The van der Waals surface area contributed by atoms with Gasteiger partial charge in [0.1, 0.15) is 0 Å². The van der Waals surface area contributed by atoms with Crippen molar-refractivity contribution in [3.63, 3.8) is 0 Å². The molecule has 0 saturated heterocycles. The minimum atomic E-state index is 0.0964. The van der Waals surface area contributed by atoms with Gasteiger partial charge in [-0.15, -0.1) is 0 Å². The lowest BCUT2D eigenvalue weighted by atomic mass is 9.73. The van der Waals surface area contributed by atoms with Gasteiger partial charge >= 0.3 is 0 Å². The summed E-state index contributed by atoms with van der Waals surface area (Å²) in [5, 5.41) is 0. The van der Waals surface area contributed by atoms with Gasteiger partial charge in [0.25, 0.3) is 0 Å². The second-order valence-corrected chi connectivity index (χ2v) is 13.3. The topological polar surface area (TPSA) is 0 Å². The van der Waals surface area contributed by atoms with Crippen LogP contribution < -0.4 is 0 Å². The summed E-state index contributed by atoms with van der Waals surface area (Å²) in [6.07, 6.45) is 4.45. The first kappa shape index (κ1) is 28.8. The monoisotopic (exact) mass is 594 g/mol. The van der Waals surface area contributed by atoms with Gasteiger partial charge in [-0.3, -0.25) is 0 Å². The van der Waals surface area contributed by atoms with Crippen molar-refractivity contribution >= 4 is 0 Å². The molecule has 0 unspecified atom stereocenters. The standard InChI is InChI=1S/C46H42/c1-5-45(6-2)39-19-11-9-15-37(39)43-35(17-13-21-41(43)45)33-27-23-31(24-28-33)32-25-29-34(30-26-32)36-18-14-22-42-44(36)38-16-10-12-20-40(38)46(42,7-3)8-4/h9-30H,5-8H2,1-4H3. The number of hydrogen-bond donors (Lipinski definition) is 0. The second-order valence-electron chi connectivity index (χ2n) is 13.3. The zero-order valence-electron chi connectivity index (χ0n) is 27.5. The molecule has 0 amide bonds. The Labute approximate surface area is 274 Å². The first-order valence-electron chi connectivity index (χ1n) is 17.3. The summed E-state index contributed by atoms with van der Waals surface area (Å²) in [6, 6.07) is 50.5. The summed E-state index contributed by atoms with van der Waals surface area (Å²) in [6.45, 7) is 9.37. The Hall–Kier alpha value is -4.68. The van der Waals surface area contributed by atoms with E-state index in [2.05, 4.69) is 161 Å². The van der Waals surface area contributed by atoms with Crippen LogP contribution in [0.2, 0.25) is 0 Å². The summed E-state index contributed by atoms with van der Waals surface area (Å²) in [4.78, 5) is 0. The van der Waals surface area contributed by atoms with Gasteiger partial charge in [0.05, 0.1) is 0 Å². The van der Waals surface area contributed by atoms with E-state index in [-0.39, 0.29) is 10.8 Å². The second kappa shape index (κ2) is 11.0. The van der Waals surface area contributed by atoms with Gasteiger partial charge < -0.3 is 0 Å². The van der Waals surface area contributed by atoms with Crippen LogP contribution in [-0.4, -0.2) is 0 Å². The number of hydrogen-bond acceptors (Lipinski definition) is 0. The molecule has 0 heterocycles. The molecule has 0 saturated carbocycles. The average Bonchev–Trinajstić information content (AvgIpc) is 3.59. The Kier molecular flexibility index (Phi) is 6.87. The average molecular weight is 595 g/mol. The van der Waals surface area contributed by atoms with Crippen LogP contribution in [0.25, 0.3) is 55.6 Å². The molecule has 2 aliphatic rings. The summed E-state index contributed by atoms with van der Waals surface area (Å²) < 4.78 is 0. The molecular formula is C46H42. The summed E-state index contributed by atoms with van der Waals surface area (Å²) >= 11 is 0. The molecule has 0 radical (unpaired) electrons. The SMILES string of the molecule is CCC1(CC)c2ccccc2-c2c(-c3ccc(-c4ccc(-c5cccc6c5-c5ccccc5C6(CC)CC)cc4)cc3)cccc21. The highest BCUT2D eigenvalue weighted by Gasteiger charge is 2.42. The van der Waals surface area contributed by atoms with Gasteiger partial charge in [0.2, 0.25) is 0 Å². The van der Waals surface area contributed by atoms with Crippen LogP contribution in [0, 0.1) is 0 Å². The lowest BCUT2D eigenvalue weighted by Crippen LogP contribution is -2.22. The number of benzene rings is 6. The van der Waals surface area contributed by atoms with Crippen LogP contribution in [-0.2, 0) is 10.8 Å². The zero-order valence-corrected chi connectivity index (χ0v) is 27.5. The summed E-state index contributed by atoms with van der Waals surface area (Å²) in [5.41, 5.74) is 19.5. The molecule has 8 rings (SSSR count). The molecular weight excluding hydrogens is 553 g/mol. The molecule has 0 aliphatic heterocycles. The highest BCUT2D eigenvalue weighted by molar-refractivity contribution is 5.94. The molecule has 0 fully saturated rings. The van der Waals surface area contributed by atoms with Gasteiger partial charge in [-0.2, -0.15) is 0 Å². The zero-order chi connectivity index (χ0) is 31.5. The van der Waals surface area contributed by atoms with E-state index >= 15 is 0 Å². The Morgan fingerprint density at radius 1 is 0.304 bits per heavy atom. The van der Waals surface area contributed by atoms with Crippen molar-refractivity contribution in [1.29, 1.82) is 0 Å². The molecule has 0 heteroatoms. The maximum Gasteiger partial charge on any atom is 0.0210 e. The molecule has 0 nitrogen and oxygen atoms in total. The Morgan fingerprint density at radius 3 is 0.978 bits per heavy atom. The van der Waals surface area contributed by atoms with Gasteiger partial charge in [-0.1, -0.05) is 161 Å². The van der Waals surface area contributed by atoms with Crippen molar-refractivity contribution in [2.75, 3.05) is 0 Å². The largest absolute Gasteiger partial charge is 0.0642 e. The summed E-state index contributed by atoms with van der Waals surface area (Å²) in [7, 11) is 0. The Balaban J connectivity index is 1.15. The van der Waals surface area contributed by atoms with Crippen molar-refractivity contribution in [2.45, 2.75) is 64.2 Å². The smallest absolute Gasteiger partial charge is 0.0210 e. The van der Waals surface area contributed by atoms with Gasteiger partial charge in [0, 0.05) is 10.8 Å². The van der Waals surface area contributed by atoms with Crippen molar-refractivity contribution in [2.24, 2.45) is 0 Å². The first-order chi connectivity index (χ1) is 22.6. The molecule has 6 aromatic rings. The summed E-state index contributed by atoms with van der Waals surface area (Å²) in [5.74, 6) is 0. The first-order valence-corrected chi connectivity index (χ1v) is 17.3. The predicted molar refractivity (Wildman–Crippen MR) is 196 cm³/mol. The minimum absolute atomic E-state index is 0.0964. The van der Waals surface area contributed by atoms with Crippen LogP contribution in [0.3, 0.4) is 0 Å². The Bertz CT molecular complexity index is 1910. The molecule has 6 aromatic carbocycles. The van der Waals surface area contributed by atoms with E-state index < -0.39 is 0 Å². The Morgan fingerprint density at radius 2 is 0.609 bits per heavy atom. The van der Waals surface area contributed by atoms with Gasteiger partial charge in [0.15, 0.2) is 0 Å². The van der Waals surface area contributed by atoms with Gasteiger partial charge in [-0.05, 0) is 104 Å². The quantitative estimate of drug-likeness (QED) is 0.172. The lowest BCUT2D eigenvalue weighted by Gasteiger charge is -2.29. The van der Waals surface area contributed by atoms with Crippen molar-refractivity contribution in [1.82, 2.24) is 0 Å². The highest BCUT2D eigenvalue weighted by atomic mass is 14.4. The molecule has 0 N–H and O–H groups in total. The van der Waals surface area contributed by atoms with Crippen molar-refractivity contribution in [3.05, 3.63) is 156 Å². The molecule has 226 valence electrons. The maximum absolute atomic E-state index is 2.37. The molecule has 0 atom stereocenters. The minimum Gasteiger partial charge on any atom is -0.0642 e. The molecule has 46 heavy (non-hydrogen) atoms. The van der Waals surface area contributed by atoms with Crippen LogP contribution in [0.15, 0.2) is 133 Å². The number of rotatable bonds is 7. The molecule has 0 spiro atoms. The van der Waals surface area contributed by atoms with Crippen molar-refractivity contribution in [3.8, 4) is 55.6 Å². The maximum atomic E-state index is 2.37. The molecule has 0 aromatic heterocycles. The normalized spacial score (nSPS) is 14.8. The van der Waals surface area contributed by atoms with E-state index in [1.807, 2.05) is 0 Å². The van der Waals surface area contributed by atoms with Crippen LogP contribution in [0.1, 0.15) is 75.6 Å². The van der Waals surface area contributed by atoms with E-state index in [4.69, 9.17) is 0 Å². The fourth-order valence-electron chi connectivity index (χ4n) is 9.20. The third kappa shape index (κ3) is 3.92. The lowest BCUT2D eigenvalue weighted by molar-refractivity contribution is 0.490. The predicted octanol–water partition coefficient (Wildman–Crippen LogP) is 12.9.